The predicted molar refractivity (Wildman–Crippen MR) is 50.2 cm³/mol. The average Bonchev–Trinajstić information content (AvgIpc) is 2.57. The van der Waals surface area contributed by atoms with Gasteiger partial charge in [-0.3, -0.25) is 4.40 Å². The SMILES string of the molecule is FC(F)c1c(C(F)(F)F)nc2c(Cl)cccn12. The number of halogens is 6. The number of hydrogen-bond donors (Lipinski definition) is 0. The Morgan fingerprint density at radius 3 is 2.47 bits per heavy atom. The highest BCUT2D eigenvalue weighted by Gasteiger charge is 2.40. The van der Waals surface area contributed by atoms with Crippen molar-refractivity contribution in [1.29, 1.82) is 0 Å². The Morgan fingerprint density at radius 2 is 1.94 bits per heavy atom. The molecule has 0 atom stereocenters. The lowest BCUT2D eigenvalue weighted by Gasteiger charge is -2.06. The van der Waals surface area contributed by atoms with Crippen LogP contribution in [0.15, 0.2) is 18.3 Å². The van der Waals surface area contributed by atoms with Crippen LogP contribution in [0, 0.1) is 0 Å². The molecule has 0 aliphatic rings. The van der Waals surface area contributed by atoms with Gasteiger partial charge in [-0.05, 0) is 12.1 Å². The summed E-state index contributed by atoms with van der Waals surface area (Å²) in [6.45, 7) is 0. The van der Waals surface area contributed by atoms with E-state index in [1.807, 2.05) is 0 Å². The molecule has 8 heteroatoms. The van der Waals surface area contributed by atoms with Crippen molar-refractivity contribution in [2.75, 3.05) is 0 Å². The molecule has 2 aromatic rings. The fourth-order valence-electron chi connectivity index (χ4n) is 1.47. The quantitative estimate of drug-likeness (QED) is 0.717. The first-order chi connectivity index (χ1) is 7.82. The molecule has 0 spiro atoms. The number of pyridine rings is 1. The summed E-state index contributed by atoms with van der Waals surface area (Å²) in [4.78, 5) is 3.13. The number of alkyl halides is 5. The van der Waals surface area contributed by atoms with Gasteiger partial charge >= 0.3 is 6.18 Å². The lowest BCUT2D eigenvalue weighted by Crippen LogP contribution is -2.10. The fourth-order valence-corrected chi connectivity index (χ4v) is 1.68. The van der Waals surface area contributed by atoms with Crippen LogP contribution in [0.1, 0.15) is 17.8 Å². The van der Waals surface area contributed by atoms with Gasteiger partial charge in [-0.25, -0.2) is 13.8 Å². The molecule has 0 saturated heterocycles. The molecule has 0 aliphatic carbocycles. The minimum absolute atomic E-state index is 0.120. The van der Waals surface area contributed by atoms with E-state index in [9.17, 15) is 22.0 Å². The number of aromatic nitrogens is 2. The lowest BCUT2D eigenvalue weighted by atomic mass is 10.3. The molecule has 0 amide bonds. The summed E-state index contributed by atoms with van der Waals surface area (Å²) >= 11 is 5.60. The van der Waals surface area contributed by atoms with Crippen molar-refractivity contribution in [2.24, 2.45) is 0 Å². The van der Waals surface area contributed by atoms with Crippen molar-refractivity contribution in [1.82, 2.24) is 9.38 Å². The maximum Gasteiger partial charge on any atom is 0.435 e. The van der Waals surface area contributed by atoms with E-state index in [1.165, 1.54) is 12.1 Å². The molecule has 0 bridgehead atoms. The Labute approximate surface area is 96.6 Å². The van der Waals surface area contributed by atoms with E-state index in [2.05, 4.69) is 4.98 Å². The second-order valence-corrected chi connectivity index (χ2v) is 3.60. The maximum absolute atomic E-state index is 12.6. The van der Waals surface area contributed by atoms with Crippen LogP contribution in [0.2, 0.25) is 5.02 Å². The molecule has 2 nitrogen and oxygen atoms in total. The highest BCUT2D eigenvalue weighted by Crippen LogP contribution is 2.37. The van der Waals surface area contributed by atoms with Gasteiger partial charge in [0, 0.05) is 6.20 Å². The number of hydrogen-bond acceptors (Lipinski definition) is 1. The third-order valence-electron chi connectivity index (χ3n) is 2.11. The summed E-state index contributed by atoms with van der Waals surface area (Å²) in [6, 6.07) is 2.54. The van der Waals surface area contributed by atoms with Crippen molar-refractivity contribution in [2.45, 2.75) is 12.6 Å². The van der Waals surface area contributed by atoms with Crippen LogP contribution in [0.3, 0.4) is 0 Å². The van der Waals surface area contributed by atoms with Crippen LogP contribution in [-0.4, -0.2) is 9.38 Å². The van der Waals surface area contributed by atoms with E-state index < -0.39 is 24.0 Å². The molecule has 0 N–H and O–H groups in total. The highest BCUT2D eigenvalue weighted by atomic mass is 35.5. The second kappa shape index (κ2) is 3.83. The molecule has 0 radical (unpaired) electrons. The molecular formula is C9H4ClF5N2. The van der Waals surface area contributed by atoms with E-state index in [-0.39, 0.29) is 10.7 Å². The summed E-state index contributed by atoms with van der Waals surface area (Å²) in [5, 5.41) is -0.120. The first-order valence-electron chi connectivity index (χ1n) is 4.34. The fraction of sp³-hybridized carbons (Fsp3) is 0.222. The van der Waals surface area contributed by atoms with Gasteiger partial charge in [-0.15, -0.1) is 0 Å². The van der Waals surface area contributed by atoms with Gasteiger partial charge in [-0.1, -0.05) is 11.6 Å². The topological polar surface area (TPSA) is 17.3 Å². The monoisotopic (exact) mass is 270 g/mol. The Balaban J connectivity index is 2.85. The van der Waals surface area contributed by atoms with Crippen molar-refractivity contribution in [3.8, 4) is 0 Å². The minimum Gasteiger partial charge on any atom is -0.297 e. The van der Waals surface area contributed by atoms with Crippen LogP contribution >= 0.6 is 11.6 Å². The Morgan fingerprint density at radius 1 is 1.29 bits per heavy atom. The molecule has 0 aromatic carbocycles. The third-order valence-corrected chi connectivity index (χ3v) is 2.41. The van der Waals surface area contributed by atoms with Gasteiger partial charge in [0.25, 0.3) is 6.43 Å². The van der Waals surface area contributed by atoms with Gasteiger partial charge in [0.15, 0.2) is 11.3 Å². The minimum atomic E-state index is -4.94. The van der Waals surface area contributed by atoms with E-state index in [4.69, 9.17) is 11.6 Å². The maximum atomic E-state index is 12.6. The normalized spacial score (nSPS) is 12.6. The van der Waals surface area contributed by atoms with E-state index in [0.717, 1.165) is 6.20 Å². The molecule has 2 heterocycles. The summed E-state index contributed by atoms with van der Waals surface area (Å²) in [5.41, 5.74) is -3.15. The number of fused-ring (bicyclic) bond motifs is 1. The summed E-state index contributed by atoms with van der Waals surface area (Å²) in [5.74, 6) is 0. The summed E-state index contributed by atoms with van der Waals surface area (Å²) in [6.07, 6.45) is -7.17. The smallest absolute Gasteiger partial charge is 0.297 e. The van der Waals surface area contributed by atoms with E-state index in [1.54, 1.807) is 0 Å². The zero-order valence-electron chi connectivity index (χ0n) is 7.97. The van der Waals surface area contributed by atoms with Gasteiger partial charge in [0.05, 0.1) is 5.02 Å². The average molecular weight is 271 g/mol. The van der Waals surface area contributed by atoms with Crippen LogP contribution in [0.5, 0.6) is 0 Å². The van der Waals surface area contributed by atoms with Gasteiger partial charge in [0.1, 0.15) is 5.69 Å². The van der Waals surface area contributed by atoms with Crippen LogP contribution in [0.4, 0.5) is 22.0 Å². The largest absolute Gasteiger partial charge is 0.435 e. The zero-order valence-corrected chi connectivity index (χ0v) is 8.73. The Kier molecular flexibility index (Phi) is 2.73. The van der Waals surface area contributed by atoms with Crippen LogP contribution < -0.4 is 0 Å². The molecule has 0 fully saturated rings. The second-order valence-electron chi connectivity index (χ2n) is 3.19. The summed E-state index contributed by atoms with van der Waals surface area (Å²) in [7, 11) is 0. The van der Waals surface area contributed by atoms with Crippen molar-refractivity contribution in [3.05, 3.63) is 34.7 Å². The predicted octanol–water partition coefficient (Wildman–Crippen LogP) is 3.94. The first-order valence-corrected chi connectivity index (χ1v) is 4.72. The number of nitrogens with zero attached hydrogens (tertiary/aromatic N) is 2. The molecule has 0 saturated carbocycles. The Hall–Kier alpha value is -1.37. The van der Waals surface area contributed by atoms with Crippen molar-refractivity contribution >= 4 is 17.2 Å². The number of rotatable bonds is 1. The molecule has 17 heavy (non-hydrogen) atoms. The third kappa shape index (κ3) is 1.95. The standard InChI is InChI=1S/C9H4ClF5N2/c10-4-2-1-3-17-5(7(11)12)6(9(13,14)15)16-8(4)17/h1-3,7H. The van der Waals surface area contributed by atoms with Crippen molar-refractivity contribution < 1.29 is 22.0 Å². The molecule has 92 valence electrons. The van der Waals surface area contributed by atoms with E-state index in [0.29, 0.717) is 4.40 Å². The molecule has 0 aliphatic heterocycles. The molecular weight excluding hydrogens is 267 g/mol. The van der Waals surface area contributed by atoms with Crippen LogP contribution in [0.25, 0.3) is 5.65 Å². The summed E-state index contributed by atoms with van der Waals surface area (Å²) < 4.78 is 63.5. The Bertz CT molecular complexity index is 560. The molecule has 0 unspecified atom stereocenters. The van der Waals surface area contributed by atoms with Crippen LogP contribution in [-0.2, 0) is 6.18 Å². The highest BCUT2D eigenvalue weighted by molar-refractivity contribution is 6.33. The van der Waals surface area contributed by atoms with Gasteiger partial charge < -0.3 is 0 Å². The first kappa shape index (κ1) is 12.1. The zero-order chi connectivity index (χ0) is 12.8. The van der Waals surface area contributed by atoms with E-state index >= 15 is 0 Å². The number of imidazole rings is 1. The lowest BCUT2D eigenvalue weighted by molar-refractivity contribution is -0.142. The molecule has 2 aromatic heterocycles. The molecule has 2 rings (SSSR count). The van der Waals surface area contributed by atoms with Gasteiger partial charge in [0.2, 0.25) is 0 Å². The van der Waals surface area contributed by atoms with Crippen molar-refractivity contribution in [3.63, 3.8) is 0 Å². The van der Waals surface area contributed by atoms with Gasteiger partial charge in [-0.2, -0.15) is 13.2 Å².